The number of halogens is 2. The summed E-state index contributed by atoms with van der Waals surface area (Å²) in [6, 6.07) is 15.0. The van der Waals surface area contributed by atoms with Crippen LogP contribution < -0.4 is 19.1 Å². The zero-order valence-corrected chi connectivity index (χ0v) is 27.2. The Bertz CT molecular complexity index is 1530. The molecule has 0 unspecified atom stereocenters. The van der Waals surface area contributed by atoms with Crippen LogP contribution >= 0.6 is 23.2 Å². The van der Waals surface area contributed by atoms with Crippen LogP contribution in [0, 0.1) is 6.92 Å². The second-order valence-corrected chi connectivity index (χ2v) is 12.5. The number of carbonyl (C=O) groups excluding carboxylic acids is 2. The Morgan fingerprint density at radius 1 is 0.953 bits per heavy atom. The Morgan fingerprint density at radius 2 is 1.65 bits per heavy atom. The van der Waals surface area contributed by atoms with Crippen molar-refractivity contribution in [2.75, 3.05) is 31.6 Å². The SMILES string of the molecule is CCCNC(=O)[C@@H](CC)N(Cc1ccc(Cl)cc1Cl)C(=O)CN(c1cc(OC)ccc1OC)S(=O)(=O)c1ccc(C)cc1. The second-order valence-electron chi connectivity index (χ2n) is 9.83. The van der Waals surface area contributed by atoms with Crippen molar-refractivity contribution in [2.24, 2.45) is 0 Å². The molecule has 1 N–H and O–H groups in total. The number of amides is 2. The standard InChI is InChI=1S/C31H37Cl2N3O6S/c1-6-16-34-31(38)27(7-2)35(19-22-10-11-23(32)17-26(22)33)30(37)20-36(28-18-24(41-4)12-15-29(28)42-5)43(39,40)25-13-8-21(3)9-14-25/h8-15,17-18,27H,6-7,16,19-20H2,1-5H3,(H,34,38)/t27-/m1/s1. The molecule has 3 aromatic rings. The molecule has 0 saturated carbocycles. The number of rotatable bonds is 14. The smallest absolute Gasteiger partial charge is 0.264 e. The molecule has 0 heterocycles. The molecule has 0 aliphatic heterocycles. The maximum atomic E-state index is 14.3. The van der Waals surface area contributed by atoms with E-state index in [1.54, 1.807) is 49.4 Å². The van der Waals surface area contributed by atoms with Crippen LogP contribution in [0.15, 0.2) is 65.6 Å². The quantitative estimate of drug-likeness (QED) is 0.235. The lowest BCUT2D eigenvalue weighted by atomic mass is 10.1. The molecule has 12 heteroatoms. The third-order valence-corrected chi connectivity index (χ3v) is 9.19. The van der Waals surface area contributed by atoms with E-state index in [1.165, 1.54) is 37.3 Å². The first-order valence-corrected chi connectivity index (χ1v) is 16.0. The lowest BCUT2D eigenvalue weighted by molar-refractivity contribution is -0.140. The monoisotopic (exact) mass is 649 g/mol. The van der Waals surface area contributed by atoms with Gasteiger partial charge in [0.2, 0.25) is 11.8 Å². The van der Waals surface area contributed by atoms with Crippen LogP contribution in [0.3, 0.4) is 0 Å². The first-order chi connectivity index (χ1) is 20.5. The summed E-state index contributed by atoms with van der Waals surface area (Å²) in [4.78, 5) is 28.9. The van der Waals surface area contributed by atoms with Gasteiger partial charge in [-0.2, -0.15) is 0 Å². The zero-order valence-electron chi connectivity index (χ0n) is 24.9. The van der Waals surface area contributed by atoms with Crippen LogP contribution in [0.1, 0.15) is 37.8 Å². The fourth-order valence-electron chi connectivity index (χ4n) is 4.46. The summed E-state index contributed by atoms with van der Waals surface area (Å²) in [5.74, 6) is -0.397. The van der Waals surface area contributed by atoms with Gasteiger partial charge in [-0.3, -0.25) is 13.9 Å². The fraction of sp³-hybridized carbons (Fsp3) is 0.355. The van der Waals surface area contributed by atoms with Crippen molar-refractivity contribution in [1.82, 2.24) is 10.2 Å². The Hall–Kier alpha value is -3.47. The predicted molar refractivity (Wildman–Crippen MR) is 170 cm³/mol. The molecule has 0 aliphatic rings. The van der Waals surface area contributed by atoms with E-state index in [2.05, 4.69) is 5.32 Å². The minimum atomic E-state index is -4.30. The summed E-state index contributed by atoms with van der Waals surface area (Å²) >= 11 is 12.6. The van der Waals surface area contributed by atoms with E-state index >= 15 is 0 Å². The summed E-state index contributed by atoms with van der Waals surface area (Å²) in [6.45, 7) is 5.28. The van der Waals surface area contributed by atoms with Gasteiger partial charge in [-0.05, 0) is 61.7 Å². The van der Waals surface area contributed by atoms with Gasteiger partial charge >= 0.3 is 0 Å². The number of anilines is 1. The van der Waals surface area contributed by atoms with Crippen molar-refractivity contribution in [3.63, 3.8) is 0 Å². The van der Waals surface area contributed by atoms with Crippen molar-refractivity contribution in [3.8, 4) is 11.5 Å². The van der Waals surface area contributed by atoms with Crippen molar-refractivity contribution in [3.05, 3.63) is 81.8 Å². The summed E-state index contributed by atoms with van der Waals surface area (Å²) in [5, 5.41) is 3.58. The number of sulfonamides is 1. The number of ether oxygens (including phenoxy) is 2. The number of nitrogens with zero attached hydrogens (tertiary/aromatic N) is 2. The van der Waals surface area contributed by atoms with E-state index in [0.29, 0.717) is 34.3 Å². The number of aryl methyl sites for hydroxylation is 1. The molecule has 0 aliphatic carbocycles. The van der Waals surface area contributed by atoms with E-state index in [4.69, 9.17) is 32.7 Å². The molecule has 0 aromatic heterocycles. The van der Waals surface area contributed by atoms with Gasteiger partial charge in [0.05, 0.1) is 24.8 Å². The average molecular weight is 651 g/mol. The van der Waals surface area contributed by atoms with Crippen LogP contribution in [0.2, 0.25) is 10.0 Å². The van der Waals surface area contributed by atoms with Gasteiger partial charge in [0.25, 0.3) is 10.0 Å². The van der Waals surface area contributed by atoms with E-state index in [9.17, 15) is 18.0 Å². The molecule has 2 amide bonds. The van der Waals surface area contributed by atoms with Gasteiger partial charge < -0.3 is 19.7 Å². The molecule has 0 spiro atoms. The lowest BCUT2D eigenvalue weighted by Gasteiger charge is -2.33. The molecule has 1 atom stereocenters. The highest BCUT2D eigenvalue weighted by Gasteiger charge is 2.35. The van der Waals surface area contributed by atoms with Crippen molar-refractivity contribution < 1.29 is 27.5 Å². The third kappa shape index (κ3) is 8.34. The molecular weight excluding hydrogens is 613 g/mol. The molecule has 0 radical (unpaired) electrons. The number of nitrogens with one attached hydrogen (secondary N) is 1. The maximum absolute atomic E-state index is 14.3. The van der Waals surface area contributed by atoms with E-state index in [1.807, 2.05) is 13.8 Å². The van der Waals surface area contributed by atoms with Gasteiger partial charge in [-0.15, -0.1) is 0 Å². The van der Waals surface area contributed by atoms with Crippen LogP contribution in [0.25, 0.3) is 0 Å². The van der Waals surface area contributed by atoms with E-state index in [0.717, 1.165) is 9.87 Å². The molecule has 43 heavy (non-hydrogen) atoms. The van der Waals surface area contributed by atoms with E-state index < -0.39 is 28.5 Å². The minimum absolute atomic E-state index is 0.0178. The van der Waals surface area contributed by atoms with Crippen LogP contribution in [0.5, 0.6) is 11.5 Å². The van der Waals surface area contributed by atoms with Gasteiger partial charge in [0.1, 0.15) is 24.1 Å². The summed E-state index contributed by atoms with van der Waals surface area (Å²) in [7, 11) is -1.45. The van der Waals surface area contributed by atoms with Gasteiger partial charge in [0, 0.05) is 29.2 Å². The summed E-state index contributed by atoms with van der Waals surface area (Å²) in [6.07, 6.45) is 0.983. The highest BCUT2D eigenvalue weighted by Crippen LogP contribution is 2.36. The first kappa shape index (κ1) is 34.0. The normalized spacial score (nSPS) is 11.9. The van der Waals surface area contributed by atoms with Crippen molar-refractivity contribution >= 4 is 50.7 Å². The predicted octanol–water partition coefficient (Wildman–Crippen LogP) is 5.85. The largest absolute Gasteiger partial charge is 0.497 e. The van der Waals surface area contributed by atoms with Crippen LogP contribution in [0.4, 0.5) is 5.69 Å². The Labute approximate surface area is 263 Å². The molecule has 232 valence electrons. The highest BCUT2D eigenvalue weighted by molar-refractivity contribution is 7.92. The maximum Gasteiger partial charge on any atom is 0.264 e. The Kier molecular flexibility index (Phi) is 12.1. The molecule has 0 fully saturated rings. The number of hydrogen-bond acceptors (Lipinski definition) is 6. The zero-order chi connectivity index (χ0) is 31.7. The van der Waals surface area contributed by atoms with Gasteiger partial charge in [0.15, 0.2) is 0 Å². The topological polar surface area (TPSA) is 105 Å². The molecule has 3 aromatic carbocycles. The van der Waals surface area contributed by atoms with Crippen LogP contribution in [-0.2, 0) is 26.2 Å². The lowest BCUT2D eigenvalue weighted by Crippen LogP contribution is -2.52. The van der Waals surface area contributed by atoms with Crippen molar-refractivity contribution in [2.45, 2.75) is 51.1 Å². The Balaban J connectivity index is 2.16. The number of carbonyl (C=O) groups is 2. The number of hydrogen-bond donors (Lipinski definition) is 1. The molecule has 3 rings (SSSR count). The number of methoxy groups -OCH3 is 2. The minimum Gasteiger partial charge on any atom is -0.497 e. The average Bonchev–Trinajstić information content (AvgIpc) is 2.99. The summed E-state index contributed by atoms with van der Waals surface area (Å²) in [5.41, 5.74) is 1.52. The van der Waals surface area contributed by atoms with Crippen LogP contribution in [-0.4, -0.2) is 58.5 Å². The summed E-state index contributed by atoms with van der Waals surface area (Å²) < 4.78 is 40.2. The number of benzene rings is 3. The van der Waals surface area contributed by atoms with Gasteiger partial charge in [-0.25, -0.2) is 8.42 Å². The van der Waals surface area contributed by atoms with Gasteiger partial charge in [-0.1, -0.05) is 60.8 Å². The molecule has 0 saturated heterocycles. The fourth-order valence-corrected chi connectivity index (χ4v) is 6.35. The molecule has 0 bridgehead atoms. The first-order valence-electron chi connectivity index (χ1n) is 13.8. The molecular formula is C31H37Cl2N3O6S. The highest BCUT2D eigenvalue weighted by atomic mass is 35.5. The van der Waals surface area contributed by atoms with E-state index in [-0.39, 0.29) is 35.2 Å². The second kappa shape index (κ2) is 15.3. The Morgan fingerprint density at radius 3 is 2.23 bits per heavy atom. The molecule has 9 nitrogen and oxygen atoms in total. The third-order valence-electron chi connectivity index (χ3n) is 6.83. The van der Waals surface area contributed by atoms with Crippen molar-refractivity contribution in [1.29, 1.82) is 0 Å².